The average Bonchev–Trinajstić information content (AvgIpc) is 2.10. The van der Waals surface area contributed by atoms with Crippen molar-refractivity contribution in [3.63, 3.8) is 0 Å². The Morgan fingerprint density at radius 2 is 2.10 bits per heavy atom. The van der Waals surface area contributed by atoms with Gasteiger partial charge < -0.3 is 0 Å². The molecule has 0 atom stereocenters. The van der Waals surface area contributed by atoms with E-state index in [0.29, 0.717) is 0 Å². The first kappa shape index (κ1) is 7.33. The second-order valence-electron chi connectivity index (χ2n) is 3.14. The molecule has 0 fully saturated rings. The summed E-state index contributed by atoms with van der Waals surface area (Å²) in [4.78, 5) is 0. The quantitative estimate of drug-likeness (QED) is 0.516. The molecular formula is C10H14. The lowest BCUT2D eigenvalue weighted by molar-refractivity contribution is 1.14. The second-order valence-corrected chi connectivity index (χ2v) is 3.14. The van der Waals surface area contributed by atoms with Gasteiger partial charge in [0.15, 0.2) is 0 Å². The minimum absolute atomic E-state index is 1.14. The van der Waals surface area contributed by atoms with Gasteiger partial charge in [-0.1, -0.05) is 29.4 Å². The Morgan fingerprint density at radius 1 is 1.50 bits per heavy atom. The molecular weight excluding hydrogens is 120 g/mol. The van der Waals surface area contributed by atoms with Crippen molar-refractivity contribution in [3.8, 4) is 0 Å². The minimum atomic E-state index is 1.14. The molecule has 0 spiro atoms. The fraction of sp³-hybridized carbons (Fsp3) is 0.400. The summed E-state index contributed by atoms with van der Waals surface area (Å²) in [6.07, 6.45) is 3.37. The molecule has 0 saturated heterocycles. The van der Waals surface area contributed by atoms with E-state index < -0.39 is 0 Å². The highest BCUT2D eigenvalue weighted by atomic mass is 14.1. The van der Waals surface area contributed by atoms with E-state index in [0.717, 1.165) is 6.42 Å². The monoisotopic (exact) mass is 134 g/mol. The molecule has 0 aromatic heterocycles. The fourth-order valence-corrected chi connectivity index (χ4v) is 1.42. The molecule has 0 N–H and O–H groups in total. The standard InChI is InChI=1S/C10H14/c1-7(2)10-6-8(3)5-9(10)4/h6H,1,5H2,2-4H3. The molecule has 0 aromatic carbocycles. The molecule has 1 aliphatic rings. The molecule has 10 heavy (non-hydrogen) atoms. The summed E-state index contributed by atoms with van der Waals surface area (Å²) in [6, 6.07) is 0. The highest BCUT2D eigenvalue weighted by Crippen LogP contribution is 2.28. The maximum atomic E-state index is 3.92. The lowest BCUT2D eigenvalue weighted by Crippen LogP contribution is -1.78. The molecule has 0 heterocycles. The Kier molecular flexibility index (Phi) is 1.80. The topological polar surface area (TPSA) is 0 Å². The van der Waals surface area contributed by atoms with Crippen LogP contribution < -0.4 is 0 Å². The Morgan fingerprint density at radius 3 is 2.30 bits per heavy atom. The predicted molar refractivity (Wildman–Crippen MR) is 45.9 cm³/mol. The van der Waals surface area contributed by atoms with Crippen molar-refractivity contribution in [3.05, 3.63) is 34.9 Å². The summed E-state index contributed by atoms with van der Waals surface area (Å²) in [7, 11) is 0. The highest BCUT2D eigenvalue weighted by Gasteiger charge is 2.08. The van der Waals surface area contributed by atoms with Crippen LogP contribution in [0.3, 0.4) is 0 Å². The van der Waals surface area contributed by atoms with Gasteiger partial charge in [0.2, 0.25) is 0 Å². The number of hydrogen-bond acceptors (Lipinski definition) is 0. The van der Waals surface area contributed by atoms with Crippen LogP contribution in [0, 0.1) is 0 Å². The SMILES string of the molecule is C=C(C)C1=C(C)CC(C)=C1. The van der Waals surface area contributed by atoms with Crippen molar-refractivity contribution < 1.29 is 0 Å². The largest absolute Gasteiger partial charge is 0.0955 e. The van der Waals surface area contributed by atoms with E-state index in [2.05, 4.69) is 33.4 Å². The van der Waals surface area contributed by atoms with Gasteiger partial charge in [0.1, 0.15) is 0 Å². The van der Waals surface area contributed by atoms with Crippen LogP contribution in [0.15, 0.2) is 34.9 Å². The summed E-state index contributed by atoms with van der Waals surface area (Å²) in [6.45, 7) is 10.3. The first-order valence-electron chi connectivity index (χ1n) is 3.64. The lowest BCUT2D eigenvalue weighted by Gasteiger charge is -1.98. The van der Waals surface area contributed by atoms with Crippen LogP contribution in [0.1, 0.15) is 27.2 Å². The minimum Gasteiger partial charge on any atom is -0.0955 e. The summed E-state index contributed by atoms with van der Waals surface area (Å²) < 4.78 is 0. The van der Waals surface area contributed by atoms with Gasteiger partial charge in [-0.25, -0.2) is 0 Å². The van der Waals surface area contributed by atoms with E-state index in [1.807, 2.05) is 0 Å². The van der Waals surface area contributed by atoms with Gasteiger partial charge in [0, 0.05) is 0 Å². The Balaban J connectivity index is 2.93. The molecule has 0 radical (unpaired) electrons. The molecule has 0 aliphatic heterocycles. The number of hydrogen-bond donors (Lipinski definition) is 0. The predicted octanol–water partition coefficient (Wildman–Crippen LogP) is 3.23. The van der Waals surface area contributed by atoms with Crippen LogP contribution in [0.25, 0.3) is 0 Å². The van der Waals surface area contributed by atoms with Gasteiger partial charge in [0.25, 0.3) is 0 Å². The molecule has 0 bridgehead atoms. The molecule has 0 saturated carbocycles. The number of rotatable bonds is 1. The highest BCUT2D eigenvalue weighted by molar-refractivity contribution is 5.47. The van der Waals surface area contributed by atoms with Crippen molar-refractivity contribution in [1.29, 1.82) is 0 Å². The van der Waals surface area contributed by atoms with Gasteiger partial charge in [0.05, 0.1) is 0 Å². The lowest BCUT2D eigenvalue weighted by atomic mass is 10.1. The fourth-order valence-electron chi connectivity index (χ4n) is 1.42. The summed E-state index contributed by atoms with van der Waals surface area (Å²) in [5, 5.41) is 0. The molecule has 1 aliphatic carbocycles. The number of allylic oxidation sites excluding steroid dienone is 5. The molecule has 0 unspecified atom stereocenters. The average molecular weight is 134 g/mol. The third-order valence-electron chi connectivity index (χ3n) is 1.85. The van der Waals surface area contributed by atoms with Gasteiger partial charge >= 0.3 is 0 Å². The van der Waals surface area contributed by atoms with Gasteiger partial charge in [-0.15, -0.1) is 0 Å². The molecule has 0 heteroatoms. The van der Waals surface area contributed by atoms with Crippen molar-refractivity contribution >= 4 is 0 Å². The van der Waals surface area contributed by atoms with Crippen molar-refractivity contribution in [2.24, 2.45) is 0 Å². The molecule has 1 rings (SSSR count). The first-order chi connectivity index (χ1) is 4.61. The van der Waals surface area contributed by atoms with Crippen molar-refractivity contribution in [1.82, 2.24) is 0 Å². The van der Waals surface area contributed by atoms with Gasteiger partial charge in [-0.2, -0.15) is 0 Å². The van der Waals surface area contributed by atoms with E-state index in [4.69, 9.17) is 0 Å². The second kappa shape index (κ2) is 2.45. The third kappa shape index (κ3) is 1.21. The normalized spacial score (nSPS) is 17.7. The van der Waals surface area contributed by atoms with E-state index in [1.165, 1.54) is 22.3 Å². The molecule has 0 amide bonds. The summed E-state index contributed by atoms with van der Waals surface area (Å²) in [5.74, 6) is 0. The van der Waals surface area contributed by atoms with E-state index in [9.17, 15) is 0 Å². The zero-order chi connectivity index (χ0) is 7.72. The Bertz CT molecular complexity index is 226. The van der Waals surface area contributed by atoms with Crippen LogP contribution in [0.2, 0.25) is 0 Å². The van der Waals surface area contributed by atoms with Gasteiger partial charge in [-0.05, 0) is 32.8 Å². The maximum Gasteiger partial charge on any atom is -0.0102 e. The molecule has 0 nitrogen and oxygen atoms in total. The summed E-state index contributed by atoms with van der Waals surface area (Å²) in [5.41, 5.74) is 5.47. The Labute approximate surface area is 62.9 Å². The van der Waals surface area contributed by atoms with Crippen LogP contribution in [-0.2, 0) is 0 Å². The van der Waals surface area contributed by atoms with Crippen molar-refractivity contribution in [2.45, 2.75) is 27.2 Å². The molecule has 54 valence electrons. The van der Waals surface area contributed by atoms with Crippen LogP contribution in [0.5, 0.6) is 0 Å². The van der Waals surface area contributed by atoms with Crippen molar-refractivity contribution in [2.75, 3.05) is 0 Å². The van der Waals surface area contributed by atoms with E-state index in [1.54, 1.807) is 0 Å². The van der Waals surface area contributed by atoms with Crippen LogP contribution in [-0.4, -0.2) is 0 Å². The first-order valence-corrected chi connectivity index (χ1v) is 3.64. The maximum absolute atomic E-state index is 3.92. The van der Waals surface area contributed by atoms with Crippen LogP contribution in [0.4, 0.5) is 0 Å². The Hall–Kier alpha value is -0.780. The zero-order valence-corrected chi connectivity index (χ0v) is 6.99. The summed E-state index contributed by atoms with van der Waals surface area (Å²) >= 11 is 0. The zero-order valence-electron chi connectivity index (χ0n) is 6.99. The smallest absolute Gasteiger partial charge is 0.0102 e. The molecule has 0 aromatic rings. The third-order valence-corrected chi connectivity index (χ3v) is 1.85. The van der Waals surface area contributed by atoms with E-state index >= 15 is 0 Å². The van der Waals surface area contributed by atoms with E-state index in [-0.39, 0.29) is 0 Å². The van der Waals surface area contributed by atoms with Gasteiger partial charge in [-0.3, -0.25) is 0 Å². The van der Waals surface area contributed by atoms with Crippen LogP contribution >= 0.6 is 0 Å².